The van der Waals surface area contributed by atoms with Crippen molar-refractivity contribution in [2.75, 3.05) is 29.0 Å². The summed E-state index contributed by atoms with van der Waals surface area (Å²) < 4.78 is 13.9. The smallest absolute Gasteiger partial charge is 0.233 e. The van der Waals surface area contributed by atoms with Crippen molar-refractivity contribution in [2.24, 2.45) is 0 Å². The van der Waals surface area contributed by atoms with Crippen LogP contribution in [0.25, 0.3) is 0 Å². The minimum atomic E-state index is -0.567. The first-order valence-electron chi connectivity index (χ1n) is 6.52. The Morgan fingerprint density at radius 2 is 1.95 bits per heavy atom. The molecule has 0 unspecified atom stereocenters. The standard InChI is InChI=1S/C13H16ClFN6/c1-3-21(4-2)13-19-11(16)18-12(20-13)17-9-7-5-6-8(14)10(9)15/h5-7H,3-4H2,1-2H3,(H3,16,17,18,19,20). The summed E-state index contributed by atoms with van der Waals surface area (Å²) >= 11 is 5.74. The number of benzene rings is 1. The van der Waals surface area contributed by atoms with Crippen LogP contribution < -0.4 is 16.0 Å². The van der Waals surface area contributed by atoms with Gasteiger partial charge in [-0.15, -0.1) is 0 Å². The number of nitrogens with zero attached hydrogens (tertiary/aromatic N) is 4. The molecule has 2 aromatic rings. The molecule has 2 rings (SSSR count). The molecule has 0 saturated heterocycles. The van der Waals surface area contributed by atoms with Crippen molar-refractivity contribution in [3.63, 3.8) is 0 Å². The molecular weight excluding hydrogens is 295 g/mol. The second kappa shape index (κ2) is 6.53. The molecule has 0 saturated carbocycles. The van der Waals surface area contributed by atoms with E-state index in [9.17, 15) is 4.39 Å². The molecule has 8 heteroatoms. The Bertz CT molecular complexity index is 632. The van der Waals surface area contributed by atoms with Gasteiger partial charge in [-0.3, -0.25) is 0 Å². The number of aromatic nitrogens is 3. The lowest BCUT2D eigenvalue weighted by atomic mass is 10.3. The molecule has 0 bridgehead atoms. The van der Waals surface area contributed by atoms with E-state index in [1.807, 2.05) is 18.7 Å². The van der Waals surface area contributed by atoms with Gasteiger partial charge in [0.1, 0.15) is 0 Å². The predicted octanol–water partition coefficient (Wildman–Crippen LogP) is 2.84. The van der Waals surface area contributed by atoms with Gasteiger partial charge in [0.05, 0.1) is 10.7 Å². The van der Waals surface area contributed by atoms with Crippen LogP contribution in [-0.4, -0.2) is 28.0 Å². The minimum absolute atomic E-state index is 0.0194. The molecule has 1 heterocycles. The third-order valence-electron chi connectivity index (χ3n) is 2.89. The third-order valence-corrected chi connectivity index (χ3v) is 3.18. The number of nitrogen functional groups attached to an aromatic ring is 1. The average Bonchev–Trinajstić information content (AvgIpc) is 2.45. The fourth-order valence-electron chi connectivity index (χ4n) is 1.81. The van der Waals surface area contributed by atoms with Crippen molar-refractivity contribution in [1.29, 1.82) is 0 Å². The van der Waals surface area contributed by atoms with Gasteiger partial charge < -0.3 is 16.0 Å². The van der Waals surface area contributed by atoms with Crippen molar-refractivity contribution in [3.8, 4) is 0 Å². The fraction of sp³-hybridized carbons (Fsp3) is 0.308. The number of hydrogen-bond donors (Lipinski definition) is 2. The molecule has 0 atom stereocenters. The Labute approximate surface area is 127 Å². The van der Waals surface area contributed by atoms with Gasteiger partial charge in [-0.25, -0.2) is 4.39 Å². The number of rotatable bonds is 5. The fourth-order valence-corrected chi connectivity index (χ4v) is 1.98. The zero-order valence-electron chi connectivity index (χ0n) is 11.8. The van der Waals surface area contributed by atoms with Gasteiger partial charge in [0.2, 0.25) is 17.8 Å². The molecule has 0 spiro atoms. The van der Waals surface area contributed by atoms with Crippen molar-refractivity contribution >= 4 is 35.1 Å². The summed E-state index contributed by atoms with van der Waals surface area (Å²) in [5, 5.41) is 2.79. The molecule has 0 radical (unpaired) electrons. The zero-order valence-corrected chi connectivity index (χ0v) is 12.5. The Morgan fingerprint density at radius 1 is 1.24 bits per heavy atom. The first-order valence-corrected chi connectivity index (χ1v) is 6.90. The normalized spacial score (nSPS) is 10.5. The molecule has 1 aromatic heterocycles. The van der Waals surface area contributed by atoms with Crippen LogP contribution in [-0.2, 0) is 0 Å². The van der Waals surface area contributed by atoms with Crippen LogP contribution in [0, 0.1) is 5.82 Å². The predicted molar refractivity (Wildman–Crippen MR) is 82.5 cm³/mol. The Morgan fingerprint density at radius 3 is 2.62 bits per heavy atom. The molecule has 0 aliphatic rings. The van der Waals surface area contributed by atoms with Gasteiger partial charge in [0.15, 0.2) is 5.82 Å². The van der Waals surface area contributed by atoms with E-state index < -0.39 is 5.82 Å². The second-order valence-corrected chi connectivity index (χ2v) is 4.62. The third kappa shape index (κ3) is 3.49. The van der Waals surface area contributed by atoms with Crippen molar-refractivity contribution in [1.82, 2.24) is 15.0 Å². The molecule has 112 valence electrons. The van der Waals surface area contributed by atoms with Crippen molar-refractivity contribution in [2.45, 2.75) is 13.8 Å². The monoisotopic (exact) mass is 310 g/mol. The second-order valence-electron chi connectivity index (χ2n) is 4.22. The Kier molecular flexibility index (Phi) is 4.74. The summed E-state index contributed by atoms with van der Waals surface area (Å²) in [7, 11) is 0. The molecule has 0 fully saturated rings. The SMILES string of the molecule is CCN(CC)c1nc(N)nc(Nc2cccc(Cl)c2F)n1. The maximum atomic E-state index is 13.9. The van der Waals surface area contributed by atoms with E-state index in [1.165, 1.54) is 12.1 Å². The van der Waals surface area contributed by atoms with Crippen LogP contribution in [0.4, 0.5) is 27.9 Å². The highest BCUT2D eigenvalue weighted by atomic mass is 35.5. The van der Waals surface area contributed by atoms with Crippen molar-refractivity contribution in [3.05, 3.63) is 29.0 Å². The quantitative estimate of drug-likeness (QED) is 0.884. The molecule has 0 aliphatic heterocycles. The van der Waals surface area contributed by atoms with Crippen LogP contribution in [0.3, 0.4) is 0 Å². The highest BCUT2D eigenvalue weighted by Gasteiger charge is 2.12. The lowest BCUT2D eigenvalue weighted by Gasteiger charge is -2.19. The lowest BCUT2D eigenvalue weighted by Crippen LogP contribution is -2.25. The largest absolute Gasteiger partial charge is 0.368 e. The van der Waals surface area contributed by atoms with Crippen LogP contribution in [0.5, 0.6) is 0 Å². The number of halogens is 2. The molecule has 0 aliphatic carbocycles. The maximum Gasteiger partial charge on any atom is 0.233 e. The number of anilines is 4. The topological polar surface area (TPSA) is 80.0 Å². The van der Waals surface area contributed by atoms with Crippen LogP contribution in [0.2, 0.25) is 5.02 Å². The van der Waals surface area contributed by atoms with Crippen molar-refractivity contribution < 1.29 is 4.39 Å². The van der Waals surface area contributed by atoms with E-state index >= 15 is 0 Å². The highest BCUT2D eigenvalue weighted by Crippen LogP contribution is 2.24. The maximum absolute atomic E-state index is 13.9. The molecule has 0 amide bonds. The summed E-state index contributed by atoms with van der Waals surface area (Å²) in [6.45, 7) is 5.41. The molecule has 21 heavy (non-hydrogen) atoms. The minimum Gasteiger partial charge on any atom is -0.368 e. The Balaban J connectivity index is 2.34. The van der Waals surface area contributed by atoms with Gasteiger partial charge in [0, 0.05) is 13.1 Å². The van der Waals surface area contributed by atoms with E-state index in [-0.39, 0.29) is 22.6 Å². The number of nitrogens with one attached hydrogen (secondary N) is 1. The van der Waals surface area contributed by atoms with Gasteiger partial charge in [-0.05, 0) is 26.0 Å². The van der Waals surface area contributed by atoms with E-state index in [0.717, 1.165) is 13.1 Å². The highest BCUT2D eigenvalue weighted by molar-refractivity contribution is 6.31. The molecule has 3 N–H and O–H groups in total. The van der Waals surface area contributed by atoms with Crippen LogP contribution in [0.1, 0.15) is 13.8 Å². The number of hydrogen-bond acceptors (Lipinski definition) is 6. The Hall–Kier alpha value is -2.15. The average molecular weight is 311 g/mol. The molecule has 1 aromatic carbocycles. The summed E-state index contributed by atoms with van der Waals surface area (Å²) in [6, 6.07) is 4.63. The van der Waals surface area contributed by atoms with E-state index in [1.54, 1.807) is 6.07 Å². The van der Waals surface area contributed by atoms with Gasteiger partial charge >= 0.3 is 0 Å². The first kappa shape index (κ1) is 15.2. The molecule has 6 nitrogen and oxygen atoms in total. The summed E-state index contributed by atoms with van der Waals surface area (Å²) in [5.74, 6) is 0.113. The zero-order chi connectivity index (χ0) is 15.4. The van der Waals surface area contributed by atoms with E-state index in [4.69, 9.17) is 17.3 Å². The summed E-state index contributed by atoms with van der Waals surface area (Å²) in [4.78, 5) is 14.2. The summed E-state index contributed by atoms with van der Waals surface area (Å²) in [5.41, 5.74) is 5.86. The summed E-state index contributed by atoms with van der Waals surface area (Å²) in [6.07, 6.45) is 0. The van der Waals surface area contributed by atoms with E-state index in [2.05, 4.69) is 20.3 Å². The van der Waals surface area contributed by atoms with Gasteiger partial charge in [0.25, 0.3) is 0 Å². The number of nitrogens with two attached hydrogens (primary N) is 1. The molecular formula is C13H16ClFN6. The van der Waals surface area contributed by atoms with Crippen LogP contribution in [0.15, 0.2) is 18.2 Å². The first-order chi connectivity index (χ1) is 10.0. The van der Waals surface area contributed by atoms with Crippen LogP contribution >= 0.6 is 11.6 Å². The van der Waals surface area contributed by atoms with Gasteiger partial charge in [-0.2, -0.15) is 15.0 Å². The van der Waals surface area contributed by atoms with E-state index in [0.29, 0.717) is 5.95 Å². The van der Waals surface area contributed by atoms with Gasteiger partial charge in [-0.1, -0.05) is 17.7 Å². The lowest BCUT2D eigenvalue weighted by molar-refractivity contribution is 0.632.